The van der Waals surface area contributed by atoms with Gasteiger partial charge in [0.25, 0.3) is 5.56 Å². The monoisotopic (exact) mass is 310 g/mol. The summed E-state index contributed by atoms with van der Waals surface area (Å²) in [5.74, 6) is 0.869. The fourth-order valence-corrected chi connectivity index (χ4v) is 2.59. The molecule has 1 atom stereocenters. The molecular weight excluding hydrogens is 299 g/mol. The molecule has 2 aromatic rings. The first-order valence-electron chi connectivity index (χ1n) is 6.22. The van der Waals surface area contributed by atoms with Crippen molar-refractivity contribution in [3.05, 3.63) is 55.9 Å². The third-order valence-corrected chi connectivity index (χ3v) is 4.02. The maximum atomic E-state index is 11.9. The topological polar surface area (TPSA) is 44.1 Å². The summed E-state index contributed by atoms with van der Waals surface area (Å²) in [7, 11) is 0. The molecule has 0 fully saturated rings. The number of halogens is 2. The highest BCUT2D eigenvalue weighted by Gasteiger charge is 2.24. The lowest BCUT2D eigenvalue weighted by molar-refractivity contribution is 0.200. The number of hydrogen-bond acceptors (Lipinski definition) is 3. The van der Waals surface area contributed by atoms with Gasteiger partial charge in [0, 0.05) is 6.42 Å². The Hall–Kier alpha value is -1.52. The van der Waals surface area contributed by atoms with E-state index < -0.39 is 5.56 Å². The summed E-state index contributed by atoms with van der Waals surface area (Å²) in [5.41, 5.74) is 1.95. The van der Waals surface area contributed by atoms with Crippen LogP contribution in [0, 0.1) is 6.92 Å². The zero-order valence-corrected chi connectivity index (χ0v) is 12.3. The van der Waals surface area contributed by atoms with E-state index in [1.165, 1.54) is 16.4 Å². The lowest BCUT2D eigenvalue weighted by atomic mass is 10.1. The van der Waals surface area contributed by atoms with Crippen molar-refractivity contribution in [1.29, 1.82) is 0 Å². The summed E-state index contributed by atoms with van der Waals surface area (Å²) in [6.45, 7) is 2.39. The van der Waals surface area contributed by atoms with Gasteiger partial charge in [-0.1, -0.05) is 40.9 Å². The molecule has 0 saturated heterocycles. The number of fused-ring (bicyclic) bond motifs is 1. The normalized spacial score (nSPS) is 16.9. The quantitative estimate of drug-likeness (QED) is 0.856. The van der Waals surface area contributed by atoms with Crippen LogP contribution in [0.15, 0.2) is 29.2 Å². The lowest BCUT2D eigenvalue weighted by Gasteiger charge is -2.12. The van der Waals surface area contributed by atoms with E-state index in [2.05, 4.69) is 11.2 Å². The van der Waals surface area contributed by atoms with Gasteiger partial charge < -0.3 is 4.74 Å². The van der Waals surface area contributed by atoms with E-state index in [-0.39, 0.29) is 16.1 Å². The smallest absolute Gasteiger partial charge is 0.287 e. The Morgan fingerprint density at radius 1 is 1.45 bits per heavy atom. The Kier molecular flexibility index (Phi) is 3.44. The van der Waals surface area contributed by atoms with Crippen molar-refractivity contribution in [1.82, 2.24) is 9.78 Å². The Morgan fingerprint density at radius 3 is 3.05 bits per heavy atom. The Balaban J connectivity index is 1.82. The van der Waals surface area contributed by atoms with Crippen LogP contribution in [0.1, 0.15) is 11.1 Å². The van der Waals surface area contributed by atoms with Crippen LogP contribution >= 0.6 is 23.2 Å². The fraction of sp³-hybridized carbons (Fsp3) is 0.286. The highest BCUT2D eigenvalue weighted by atomic mass is 35.5. The molecule has 20 heavy (non-hydrogen) atoms. The number of benzene rings is 1. The predicted molar refractivity (Wildman–Crippen MR) is 77.8 cm³/mol. The molecule has 1 aliphatic rings. The summed E-state index contributed by atoms with van der Waals surface area (Å²) in [6.07, 6.45) is 2.01. The molecule has 104 valence electrons. The summed E-state index contributed by atoms with van der Waals surface area (Å²) in [6, 6.07) is 6.06. The average molecular weight is 311 g/mol. The van der Waals surface area contributed by atoms with Gasteiger partial charge >= 0.3 is 0 Å². The van der Waals surface area contributed by atoms with E-state index in [4.69, 9.17) is 27.9 Å². The summed E-state index contributed by atoms with van der Waals surface area (Å²) >= 11 is 11.6. The molecule has 6 heteroatoms. The van der Waals surface area contributed by atoms with Gasteiger partial charge in [-0.15, -0.1) is 0 Å². The van der Waals surface area contributed by atoms with Gasteiger partial charge in [-0.3, -0.25) is 4.79 Å². The van der Waals surface area contributed by atoms with E-state index in [1.54, 1.807) is 0 Å². The molecule has 0 bridgehead atoms. The van der Waals surface area contributed by atoms with Crippen LogP contribution in [0.25, 0.3) is 0 Å². The zero-order chi connectivity index (χ0) is 14.3. The first-order valence-corrected chi connectivity index (χ1v) is 6.97. The van der Waals surface area contributed by atoms with Crippen LogP contribution in [0.5, 0.6) is 5.75 Å². The van der Waals surface area contributed by atoms with Crippen molar-refractivity contribution in [2.45, 2.75) is 26.0 Å². The van der Waals surface area contributed by atoms with Crippen molar-refractivity contribution in [2.75, 3.05) is 0 Å². The van der Waals surface area contributed by atoms with Crippen molar-refractivity contribution in [3.63, 3.8) is 0 Å². The van der Waals surface area contributed by atoms with Crippen molar-refractivity contribution in [2.24, 2.45) is 0 Å². The van der Waals surface area contributed by atoms with E-state index in [0.717, 1.165) is 17.7 Å². The molecule has 2 heterocycles. The van der Waals surface area contributed by atoms with E-state index in [9.17, 15) is 4.79 Å². The third-order valence-electron chi connectivity index (χ3n) is 3.28. The molecule has 0 aliphatic carbocycles. The van der Waals surface area contributed by atoms with Crippen molar-refractivity contribution in [3.8, 4) is 5.75 Å². The summed E-state index contributed by atoms with van der Waals surface area (Å²) < 4.78 is 7.10. The van der Waals surface area contributed by atoms with Crippen molar-refractivity contribution < 1.29 is 4.74 Å². The molecule has 0 spiro atoms. The molecule has 4 nitrogen and oxygen atoms in total. The number of rotatable bonds is 2. The van der Waals surface area contributed by atoms with Crippen LogP contribution < -0.4 is 10.3 Å². The van der Waals surface area contributed by atoms with E-state index in [0.29, 0.717) is 6.54 Å². The molecule has 0 amide bonds. The molecule has 0 saturated carbocycles. The number of nitrogens with zero attached hydrogens (tertiary/aromatic N) is 2. The van der Waals surface area contributed by atoms with Gasteiger partial charge in [0.15, 0.2) is 0 Å². The second kappa shape index (κ2) is 5.11. The van der Waals surface area contributed by atoms with Gasteiger partial charge in [0.05, 0.1) is 17.8 Å². The molecular formula is C14H12Cl2N2O2. The minimum absolute atomic E-state index is 0.00646. The van der Waals surface area contributed by atoms with Crippen LogP contribution in [0.4, 0.5) is 0 Å². The first-order chi connectivity index (χ1) is 9.54. The number of ether oxygens (including phenoxy) is 1. The van der Waals surface area contributed by atoms with Crippen LogP contribution in [0.2, 0.25) is 10.0 Å². The van der Waals surface area contributed by atoms with Crippen LogP contribution in [0.3, 0.4) is 0 Å². The van der Waals surface area contributed by atoms with E-state index in [1.807, 2.05) is 19.1 Å². The minimum atomic E-state index is -0.394. The number of aromatic nitrogens is 2. The van der Waals surface area contributed by atoms with Gasteiger partial charge in [0.2, 0.25) is 0 Å². The largest absolute Gasteiger partial charge is 0.488 e. The Labute approximate surface area is 125 Å². The molecule has 1 unspecified atom stereocenters. The summed E-state index contributed by atoms with van der Waals surface area (Å²) in [5, 5.41) is 4.15. The third kappa shape index (κ3) is 2.41. The predicted octanol–water partition coefficient (Wildman–Crippen LogP) is 2.86. The maximum Gasteiger partial charge on any atom is 0.287 e. The Morgan fingerprint density at radius 2 is 2.25 bits per heavy atom. The zero-order valence-electron chi connectivity index (χ0n) is 10.8. The average Bonchev–Trinajstić information content (AvgIpc) is 2.81. The molecule has 1 aromatic carbocycles. The van der Waals surface area contributed by atoms with Gasteiger partial charge in [-0.2, -0.15) is 5.10 Å². The second-order valence-corrected chi connectivity index (χ2v) is 5.63. The fourth-order valence-electron chi connectivity index (χ4n) is 2.32. The molecule has 1 aliphatic heterocycles. The van der Waals surface area contributed by atoms with Crippen molar-refractivity contribution >= 4 is 23.2 Å². The maximum absolute atomic E-state index is 11.9. The summed E-state index contributed by atoms with van der Waals surface area (Å²) in [4.78, 5) is 11.9. The van der Waals surface area contributed by atoms with Gasteiger partial charge in [-0.25, -0.2) is 4.68 Å². The van der Waals surface area contributed by atoms with Crippen LogP contribution in [-0.4, -0.2) is 15.9 Å². The lowest BCUT2D eigenvalue weighted by Crippen LogP contribution is -2.31. The standard InChI is InChI=1S/C14H12Cl2N2O2/c1-8-2-3-12-9(4-8)5-10(20-12)7-18-14(19)13(16)11(15)6-17-18/h2-4,6,10H,5,7H2,1H3. The van der Waals surface area contributed by atoms with Crippen LogP contribution in [-0.2, 0) is 13.0 Å². The molecule has 0 N–H and O–H groups in total. The minimum Gasteiger partial charge on any atom is -0.488 e. The van der Waals surface area contributed by atoms with E-state index >= 15 is 0 Å². The molecule has 1 aromatic heterocycles. The molecule has 0 radical (unpaired) electrons. The highest BCUT2D eigenvalue weighted by molar-refractivity contribution is 6.41. The number of hydrogen-bond donors (Lipinski definition) is 0. The van der Waals surface area contributed by atoms with Gasteiger partial charge in [-0.05, 0) is 18.6 Å². The Bertz CT molecular complexity index is 728. The first kappa shape index (κ1) is 13.5. The second-order valence-electron chi connectivity index (χ2n) is 4.85. The highest BCUT2D eigenvalue weighted by Crippen LogP contribution is 2.29. The number of aryl methyl sites for hydroxylation is 1. The SMILES string of the molecule is Cc1ccc2c(c1)CC(Cn1ncc(Cl)c(Cl)c1=O)O2. The molecule has 3 rings (SSSR count). The van der Waals surface area contributed by atoms with Gasteiger partial charge in [0.1, 0.15) is 16.9 Å².